The van der Waals surface area contributed by atoms with Crippen molar-refractivity contribution in [2.45, 2.75) is 44.7 Å². The molecule has 2 heteroatoms. The highest BCUT2D eigenvalue weighted by Crippen LogP contribution is 2.25. The molecule has 0 saturated carbocycles. The van der Waals surface area contributed by atoms with Gasteiger partial charge in [0.05, 0.1) is 0 Å². The molecular weight excluding hydrogens is 184 g/mol. The van der Waals surface area contributed by atoms with Crippen LogP contribution < -0.4 is 11.5 Å². The molecule has 0 spiro atoms. The van der Waals surface area contributed by atoms with Crippen LogP contribution in [0.15, 0.2) is 18.2 Å². The Labute approximate surface area is 91.7 Å². The minimum atomic E-state index is 0.0934. The van der Waals surface area contributed by atoms with Gasteiger partial charge < -0.3 is 11.5 Å². The van der Waals surface area contributed by atoms with Gasteiger partial charge in [-0.25, -0.2) is 0 Å². The molecule has 1 aliphatic rings. The van der Waals surface area contributed by atoms with Gasteiger partial charge in [-0.2, -0.15) is 0 Å². The molecule has 0 amide bonds. The molecule has 0 fully saturated rings. The molecule has 1 aromatic carbocycles. The summed E-state index contributed by atoms with van der Waals surface area (Å²) in [6.07, 6.45) is 4.60. The van der Waals surface area contributed by atoms with Crippen molar-refractivity contribution in [3.8, 4) is 0 Å². The van der Waals surface area contributed by atoms with Gasteiger partial charge in [0, 0.05) is 12.1 Å². The van der Waals surface area contributed by atoms with Crippen molar-refractivity contribution in [3.63, 3.8) is 0 Å². The molecule has 0 radical (unpaired) electrons. The highest BCUT2D eigenvalue weighted by molar-refractivity contribution is 5.36. The van der Waals surface area contributed by atoms with Crippen LogP contribution >= 0.6 is 0 Å². The molecule has 0 aliphatic heterocycles. The summed E-state index contributed by atoms with van der Waals surface area (Å²) in [6.45, 7) is 2.01. The summed E-state index contributed by atoms with van der Waals surface area (Å²) in [5.41, 5.74) is 16.1. The Morgan fingerprint density at radius 1 is 1.20 bits per heavy atom. The van der Waals surface area contributed by atoms with E-state index in [1.165, 1.54) is 36.0 Å². The Morgan fingerprint density at radius 3 is 2.67 bits per heavy atom. The summed E-state index contributed by atoms with van der Waals surface area (Å²) in [5.74, 6) is 0. The van der Waals surface area contributed by atoms with E-state index in [1.54, 1.807) is 0 Å². The van der Waals surface area contributed by atoms with E-state index in [1.807, 2.05) is 6.92 Å². The zero-order chi connectivity index (χ0) is 10.8. The lowest BCUT2D eigenvalue weighted by atomic mass is 9.98. The third-order valence-electron chi connectivity index (χ3n) is 3.18. The third kappa shape index (κ3) is 2.39. The predicted molar refractivity (Wildman–Crippen MR) is 63.7 cm³/mol. The fraction of sp³-hybridized carbons (Fsp3) is 0.538. The van der Waals surface area contributed by atoms with Crippen molar-refractivity contribution in [1.82, 2.24) is 0 Å². The van der Waals surface area contributed by atoms with E-state index < -0.39 is 0 Å². The second-order valence-corrected chi connectivity index (χ2v) is 4.70. The van der Waals surface area contributed by atoms with Gasteiger partial charge in [0.2, 0.25) is 0 Å². The van der Waals surface area contributed by atoms with Gasteiger partial charge in [-0.3, -0.25) is 0 Å². The van der Waals surface area contributed by atoms with Crippen LogP contribution in [0.1, 0.15) is 42.5 Å². The Kier molecular flexibility index (Phi) is 3.08. The molecule has 1 aliphatic carbocycles. The molecular formula is C13H20N2. The molecule has 0 saturated heterocycles. The smallest absolute Gasteiger partial charge is 0.0309 e. The second-order valence-electron chi connectivity index (χ2n) is 4.70. The first-order valence-electron chi connectivity index (χ1n) is 5.79. The molecule has 2 atom stereocenters. The van der Waals surface area contributed by atoms with Gasteiger partial charge in [0.25, 0.3) is 0 Å². The lowest BCUT2D eigenvalue weighted by molar-refractivity contribution is 0.568. The van der Waals surface area contributed by atoms with E-state index >= 15 is 0 Å². The molecule has 0 heterocycles. The first-order valence-corrected chi connectivity index (χ1v) is 5.79. The summed E-state index contributed by atoms with van der Waals surface area (Å²) in [6, 6.07) is 6.94. The first kappa shape index (κ1) is 10.7. The summed E-state index contributed by atoms with van der Waals surface area (Å²) in [5, 5.41) is 0. The van der Waals surface area contributed by atoms with E-state index in [2.05, 4.69) is 18.2 Å². The topological polar surface area (TPSA) is 52.0 Å². The molecule has 4 N–H and O–H groups in total. The average Bonchev–Trinajstić information content (AvgIpc) is 2.62. The minimum absolute atomic E-state index is 0.0934. The van der Waals surface area contributed by atoms with Gasteiger partial charge >= 0.3 is 0 Å². The number of hydrogen-bond donors (Lipinski definition) is 2. The molecule has 0 aromatic heterocycles. The van der Waals surface area contributed by atoms with E-state index in [4.69, 9.17) is 11.5 Å². The van der Waals surface area contributed by atoms with Gasteiger partial charge in [0.1, 0.15) is 0 Å². The van der Waals surface area contributed by atoms with Gasteiger partial charge in [0.15, 0.2) is 0 Å². The first-order chi connectivity index (χ1) is 7.16. The summed E-state index contributed by atoms with van der Waals surface area (Å²) >= 11 is 0. The molecule has 2 nitrogen and oxygen atoms in total. The number of nitrogens with two attached hydrogens (primary N) is 2. The summed E-state index contributed by atoms with van der Waals surface area (Å²) in [4.78, 5) is 0. The van der Waals surface area contributed by atoms with Crippen molar-refractivity contribution in [2.24, 2.45) is 11.5 Å². The summed E-state index contributed by atoms with van der Waals surface area (Å²) in [7, 11) is 0. The van der Waals surface area contributed by atoms with Crippen LogP contribution in [-0.4, -0.2) is 6.04 Å². The van der Waals surface area contributed by atoms with Crippen molar-refractivity contribution >= 4 is 0 Å². The largest absolute Gasteiger partial charge is 0.328 e. The van der Waals surface area contributed by atoms with Crippen LogP contribution in [0.25, 0.3) is 0 Å². The predicted octanol–water partition coefficient (Wildman–Crippen LogP) is 1.91. The van der Waals surface area contributed by atoms with Crippen LogP contribution in [0, 0.1) is 0 Å². The van der Waals surface area contributed by atoms with Crippen LogP contribution in [-0.2, 0) is 12.8 Å². The van der Waals surface area contributed by atoms with Crippen LogP contribution in [0.4, 0.5) is 0 Å². The van der Waals surface area contributed by atoms with Gasteiger partial charge in [-0.15, -0.1) is 0 Å². The monoisotopic (exact) mass is 204 g/mol. The maximum atomic E-state index is 6.11. The van der Waals surface area contributed by atoms with Crippen molar-refractivity contribution in [3.05, 3.63) is 34.9 Å². The van der Waals surface area contributed by atoms with E-state index in [-0.39, 0.29) is 12.1 Å². The highest BCUT2D eigenvalue weighted by atomic mass is 14.7. The van der Waals surface area contributed by atoms with E-state index in [0.29, 0.717) is 0 Å². The number of benzene rings is 1. The second kappa shape index (κ2) is 4.33. The minimum Gasteiger partial charge on any atom is -0.328 e. The SMILES string of the molecule is CC(N)CC(N)c1ccc2c(c1)CCC2. The van der Waals surface area contributed by atoms with E-state index in [9.17, 15) is 0 Å². The average molecular weight is 204 g/mol. The number of hydrogen-bond acceptors (Lipinski definition) is 2. The van der Waals surface area contributed by atoms with Gasteiger partial charge in [-0.1, -0.05) is 18.2 Å². The fourth-order valence-corrected chi connectivity index (χ4v) is 2.36. The lowest BCUT2D eigenvalue weighted by Gasteiger charge is -2.15. The quantitative estimate of drug-likeness (QED) is 0.790. The normalized spacial score (nSPS) is 18.6. The molecule has 2 unspecified atom stereocenters. The van der Waals surface area contributed by atoms with Crippen LogP contribution in [0.5, 0.6) is 0 Å². The Hall–Kier alpha value is -0.860. The van der Waals surface area contributed by atoms with Crippen molar-refractivity contribution < 1.29 is 0 Å². The third-order valence-corrected chi connectivity index (χ3v) is 3.18. The molecule has 15 heavy (non-hydrogen) atoms. The zero-order valence-electron chi connectivity index (χ0n) is 9.37. The molecule has 2 rings (SSSR count). The Morgan fingerprint density at radius 2 is 1.93 bits per heavy atom. The maximum Gasteiger partial charge on any atom is 0.0309 e. The molecule has 0 bridgehead atoms. The maximum absolute atomic E-state index is 6.11. The molecule has 82 valence electrons. The van der Waals surface area contributed by atoms with Crippen molar-refractivity contribution in [2.75, 3.05) is 0 Å². The summed E-state index contributed by atoms with van der Waals surface area (Å²) < 4.78 is 0. The zero-order valence-corrected chi connectivity index (χ0v) is 9.37. The Bertz CT molecular complexity index is 344. The van der Waals surface area contributed by atoms with Crippen LogP contribution in [0.2, 0.25) is 0 Å². The van der Waals surface area contributed by atoms with E-state index in [0.717, 1.165) is 6.42 Å². The Balaban J connectivity index is 2.15. The number of fused-ring (bicyclic) bond motifs is 1. The fourth-order valence-electron chi connectivity index (χ4n) is 2.36. The lowest BCUT2D eigenvalue weighted by Crippen LogP contribution is -2.23. The standard InChI is InChI=1S/C13H20N2/c1-9(14)7-13(15)12-6-5-10-3-2-4-11(10)8-12/h5-6,8-9,13H,2-4,7,14-15H2,1H3. The van der Waals surface area contributed by atoms with Gasteiger partial charge in [-0.05, 0) is 49.3 Å². The highest BCUT2D eigenvalue weighted by Gasteiger charge is 2.14. The molecule has 1 aromatic rings. The van der Waals surface area contributed by atoms with Crippen molar-refractivity contribution in [1.29, 1.82) is 0 Å². The number of rotatable bonds is 3. The number of aryl methyl sites for hydroxylation is 2. The van der Waals surface area contributed by atoms with Crippen LogP contribution in [0.3, 0.4) is 0 Å².